The number of carbonyl (C=O) groups is 1. The first kappa shape index (κ1) is 24.2. The van der Waals surface area contributed by atoms with Crippen LogP contribution in [-0.2, 0) is 19.2 Å². The van der Waals surface area contributed by atoms with Gasteiger partial charge in [0.1, 0.15) is 19.3 Å². The van der Waals surface area contributed by atoms with E-state index in [1.807, 2.05) is 0 Å². The first-order chi connectivity index (χ1) is 16.4. The van der Waals surface area contributed by atoms with E-state index in [9.17, 15) is 35.2 Å². The number of carbonyl (C=O) groups excluding carboxylic acids is 1. The van der Waals surface area contributed by atoms with Crippen molar-refractivity contribution in [1.82, 2.24) is 0 Å². The van der Waals surface area contributed by atoms with Gasteiger partial charge in [0.15, 0.2) is 0 Å². The Morgan fingerprint density at radius 2 is 1.80 bits per heavy atom. The fourth-order valence-electron chi connectivity index (χ4n) is 8.85. The van der Waals surface area contributed by atoms with Gasteiger partial charge in [-0.1, -0.05) is 6.92 Å². The summed E-state index contributed by atoms with van der Waals surface area (Å²) < 4.78 is 5.15. The van der Waals surface area contributed by atoms with Gasteiger partial charge >= 0.3 is 5.97 Å². The lowest BCUT2D eigenvalue weighted by molar-refractivity contribution is -0.772. The van der Waals surface area contributed by atoms with Gasteiger partial charge in [-0.3, -0.25) is 0 Å². The largest absolute Gasteiger partial charge is 0.458 e. The molecule has 35 heavy (non-hydrogen) atoms. The van der Waals surface area contributed by atoms with Gasteiger partial charge in [-0.2, -0.15) is 0 Å². The third-order valence-corrected chi connectivity index (χ3v) is 10.4. The minimum atomic E-state index is -1.44. The molecule has 8 atom stereocenters. The smallest absolute Gasteiger partial charge is 0.331 e. The molecular weight excluding hydrogens is 464 g/mol. The first-order valence-electron chi connectivity index (χ1n) is 12.3. The Balaban J connectivity index is 1.48. The molecule has 1 heterocycles. The van der Waals surface area contributed by atoms with Crippen molar-refractivity contribution in [3.63, 3.8) is 0 Å². The number of fused-ring (bicyclic) bond motifs is 5. The highest BCUT2D eigenvalue weighted by molar-refractivity contribution is 5.85. The van der Waals surface area contributed by atoms with Gasteiger partial charge in [0.25, 0.3) is 10.2 Å². The van der Waals surface area contributed by atoms with Crippen LogP contribution in [0.3, 0.4) is 0 Å². The second-order valence-electron chi connectivity index (χ2n) is 11.4. The number of hydrogen-bond acceptors (Lipinski definition) is 10. The highest BCUT2D eigenvalue weighted by Crippen LogP contribution is 2.70. The van der Waals surface area contributed by atoms with Gasteiger partial charge in [-0.25, -0.2) is 4.79 Å². The molecule has 0 amide bonds. The lowest BCUT2D eigenvalue weighted by Gasteiger charge is -2.66. The van der Waals surface area contributed by atoms with Gasteiger partial charge in [0.2, 0.25) is 0 Å². The zero-order chi connectivity index (χ0) is 25.2. The molecule has 12 heteroatoms. The fourth-order valence-corrected chi connectivity index (χ4v) is 8.85. The van der Waals surface area contributed by atoms with Crippen LogP contribution < -0.4 is 0 Å². The van der Waals surface area contributed by atoms with Crippen LogP contribution in [0.1, 0.15) is 64.7 Å². The maximum Gasteiger partial charge on any atom is 0.331 e. The molecule has 0 aromatic carbocycles. The molecule has 4 aliphatic carbocycles. The van der Waals surface area contributed by atoms with Crippen molar-refractivity contribution in [3.8, 4) is 0 Å². The molecule has 0 radical (unpaired) electrons. The van der Waals surface area contributed by atoms with Crippen molar-refractivity contribution in [2.45, 2.75) is 82.0 Å². The summed E-state index contributed by atoms with van der Waals surface area (Å²) in [6.07, 6.45) is 4.45. The Labute approximate surface area is 201 Å². The predicted molar refractivity (Wildman–Crippen MR) is 116 cm³/mol. The molecular formula is C23H32N2O10. The molecule has 0 aromatic rings. The average molecular weight is 497 g/mol. The van der Waals surface area contributed by atoms with E-state index in [0.717, 1.165) is 5.57 Å². The summed E-state index contributed by atoms with van der Waals surface area (Å²) in [6.45, 7) is 1.97. The Morgan fingerprint density at radius 3 is 2.46 bits per heavy atom. The average Bonchev–Trinajstić information content (AvgIpc) is 3.31. The Bertz CT molecular complexity index is 972. The van der Waals surface area contributed by atoms with Crippen molar-refractivity contribution in [2.75, 3.05) is 13.2 Å². The normalized spacial score (nSPS) is 46.5. The molecule has 0 unspecified atom stereocenters. The second-order valence-corrected chi connectivity index (χ2v) is 11.4. The zero-order valence-electron chi connectivity index (χ0n) is 19.7. The summed E-state index contributed by atoms with van der Waals surface area (Å²) in [5.41, 5.74) is -3.15. The molecule has 1 aliphatic heterocycles. The highest BCUT2D eigenvalue weighted by atomic mass is 17.0. The maximum atomic E-state index is 12.3. The third kappa shape index (κ3) is 3.43. The van der Waals surface area contributed by atoms with Gasteiger partial charge < -0.3 is 24.6 Å². The first-order valence-corrected chi connectivity index (χ1v) is 12.3. The summed E-state index contributed by atoms with van der Waals surface area (Å²) in [5.74, 6) is -0.852. The van der Waals surface area contributed by atoms with E-state index in [1.54, 1.807) is 0 Å². The van der Waals surface area contributed by atoms with Crippen molar-refractivity contribution in [2.24, 2.45) is 28.6 Å². The Kier molecular flexibility index (Phi) is 5.55. The summed E-state index contributed by atoms with van der Waals surface area (Å²) in [7, 11) is 0. The van der Waals surface area contributed by atoms with Crippen LogP contribution >= 0.6 is 0 Å². The minimum Gasteiger partial charge on any atom is -0.458 e. The van der Waals surface area contributed by atoms with Gasteiger partial charge in [-0.05, 0) is 74.7 Å². The predicted octanol–water partition coefficient (Wildman–Crippen LogP) is 2.12. The van der Waals surface area contributed by atoms with Crippen molar-refractivity contribution in [1.29, 1.82) is 0 Å². The lowest BCUT2D eigenvalue weighted by atomic mass is 9.41. The molecule has 0 aromatic heterocycles. The molecule has 5 aliphatic rings. The lowest BCUT2D eigenvalue weighted by Crippen LogP contribution is -2.69. The van der Waals surface area contributed by atoms with E-state index in [-0.39, 0.29) is 62.6 Å². The van der Waals surface area contributed by atoms with E-state index in [0.29, 0.717) is 32.1 Å². The molecule has 4 fully saturated rings. The Morgan fingerprint density at radius 1 is 1.06 bits per heavy atom. The van der Waals surface area contributed by atoms with Gasteiger partial charge in [0.05, 0.1) is 11.2 Å². The van der Waals surface area contributed by atoms with Crippen molar-refractivity contribution < 1.29 is 39.6 Å². The van der Waals surface area contributed by atoms with Crippen LogP contribution in [0, 0.1) is 48.8 Å². The minimum absolute atomic E-state index is 0.00378. The SMILES string of the molecule is C[C@]12CC[C@H]3[C@H](CC[C@]4(O)C[C@H](O[N+](=O)[O-])CC[C@]34CO[N+](=O)[O-])[C@]1(O)CC[C@H]2C1=CC(=O)OC1. The molecule has 2 N–H and O–H groups in total. The fraction of sp³-hybridized carbons (Fsp3) is 0.870. The number of rotatable bonds is 6. The van der Waals surface area contributed by atoms with Crippen LogP contribution in [-0.4, -0.2) is 56.9 Å². The quantitative estimate of drug-likeness (QED) is 0.315. The van der Waals surface area contributed by atoms with E-state index < -0.39 is 38.3 Å². The molecule has 0 spiro atoms. The summed E-state index contributed by atoms with van der Waals surface area (Å²) in [6, 6.07) is 0. The van der Waals surface area contributed by atoms with Gasteiger partial charge in [-0.15, -0.1) is 20.2 Å². The van der Waals surface area contributed by atoms with Crippen molar-refractivity contribution in [3.05, 3.63) is 31.9 Å². The zero-order valence-corrected chi connectivity index (χ0v) is 19.7. The second kappa shape index (κ2) is 8.02. The van der Waals surface area contributed by atoms with E-state index >= 15 is 0 Å². The van der Waals surface area contributed by atoms with Crippen molar-refractivity contribution >= 4 is 5.97 Å². The van der Waals surface area contributed by atoms with Crippen LogP contribution in [0.2, 0.25) is 0 Å². The molecule has 12 nitrogen and oxygen atoms in total. The Hall–Kier alpha value is -2.47. The summed E-state index contributed by atoms with van der Waals surface area (Å²) in [4.78, 5) is 43.5. The molecule has 0 bridgehead atoms. The monoisotopic (exact) mass is 496 g/mol. The number of aliphatic hydroxyl groups is 2. The highest BCUT2D eigenvalue weighted by Gasteiger charge is 2.71. The van der Waals surface area contributed by atoms with Crippen LogP contribution in [0.15, 0.2) is 11.6 Å². The molecule has 194 valence electrons. The summed E-state index contributed by atoms with van der Waals surface area (Å²) in [5, 5.41) is 44.5. The maximum absolute atomic E-state index is 12.3. The molecule has 0 saturated heterocycles. The van der Waals surface area contributed by atoms with Crippen LogP contribution in [0.4, 0.5) is 0 Å². The number of cyclic esters (lactones) is 1. The molecule has 4 saturated carbocycles. The third-order valence-electron chi connectivity index (χ3n) is 10.4. The summed E-state index contributed by atoms with van der Waals surface area (Å²) >= 11 is 0. The number of ether oxygens (including phenoxy) is 1. The standard InChI is InChI=1S/C23H32N2O10/c1-20-6-3-17-18(23(20,28)9-5-16(20)14-10-19(26)33-12-14)4-8-22(27)11-15(35-25(31)32)2-7-21(17,22)13-34-24(29)30/h10,15-18,27-28H,2-9,11-13H2,1H3/t15-,16+,17+,18+,20-,21+,22+,23-/m1/s1. The topological polar surface area (TPSA) is 171 Å². The van der Waals surface area contributed by atoms with Crippen LogP contribution in [0.5, 0.6) is 0 Å². The molecule has 5 rings (SSSR count). The number of nitrogens with zero attached hydrogens (tertiary/aromatic N) is 2. The van der Waals surface area contributed by atoms with Gasteiger partial charge in [0, 0.05) is 23.3 Å². The van der Waals surface area contributed by atoms with E-state index in [2.05, 4.69) is 6.92 Å². The van der Waals surface area contributed by atoms with E-state index in [4.69, 9.17) is 14.4 Å². The number of esters is 1. The van der Waals surface area contributed by atoms with E-state index in [1.165, 1.54) is 6.08 Å². The number of hydrogen-bond donors (Lipinski definition) is 2. The van der Waals surface area contributed by atoms with Crippen LogP contribution in [0.25, 0.3) is 0 Å².